The zero-order chi connectivity index (χ0) is 16.4. The molecule has 0 aliphatic heterocycles. The lowest BCUT2D eigenvalue weighted by molar-refractivity contribution is -0.402. The fourth-order valence-electron chi connectivity index (χ4n) is 1.76. The summed E-state index contributed by atoms with van der Waals surface area (Å²) in [5.41, 5.74) is 0.318. The van der Waals surface area contributed by atoms with Crippen LogP contribution < -0.4 is 5.32 Å². The molecule has 0 spiro atoms. The summed E-state index contributed by atoms with van der Waals surface area (Å²) in [6.07, 6.45) is 0. The number of carbonyl (C=O) groups is 1. The van der Waals surface area contributed by atoms with Gasteiger partial charge in [-0.2, -0.15) is 0 Å². The number of nitro groups is 1. The van der Waals surface area contributed by atoms with Crippen LogP contribution in [0.5, 0.6) is 0 Å². The Balaban J connectivity index is 2.17. The van der Waals surface area contributed by atoms with Crippen molar-refractivity contribution < 1.29 is 18.5 Å². The molecule has 1 N–H and O–H groups in total. The van der Waals surface area contributed by atoms with Crippen LogP contribution in [0.15, 0.2) is 28.7 Å². The first-order chi connectivity index (χ1) is 10.3. The number of nitrogens with one attached hydrogen (secondary N) is 1. The molecule has 0 aliphatic carbocycles. The quantitative estimate of drug-likeness (QED) is 0.512. The molecule has 116 valence electrons. The minimum atomic E-state index is -0.758. The van der Waals surface area contributed by atoms with E-state index in [0.29, 0.717) is 5.56 Å². The minimum absolute atomic E-state index is 0.131. The first kappa shape index (κ1) is 16.3. The van der Waals surface area contributed by atoms with Crippen molar-refractivity contribution in [1.82, 2.24) is 5.32 Å². The third kappa shape index (κ3) is 3.37. The predicted molar refractivity (Wildman–Crippen MR) is 77.7 cm³/mol. The summed E-state index contributed by atoms with van der Waals surface area (Å²) in [5, 5.41) is 13.1. The van der Waals surface area contributed by atoms with E-state index >= 15 is 0 Å². The van der Waals surface area contributed by atoms with Crippen molar-refractivity contribution in [2.75, 3.05) is 0 Å². The summed E-state index contributed by atoms with van der Waals surface area (Å²) < 4.78 is 18.3. The molecule has 0 fully saturated rings. The molecule has 1 amide bonds. The lowest BCUT2D eigenvalue weighted by atomic mass is 10.1. The maximum absolute atomic E-state index is 13.5. The number of nitrogens with zero attached hydrogens (tertiary/aromatic N) is 1. The summed E-state index contributed by atoms with van der Waals surface area (Å²) in [7, 11) is 0. The molecule has 0 aliphatic rings. The first-order valence-electron chi connectivity index (χ1n) is 5.99. The van der Waals surface area contributed by atoms with Crippen molar-refractivity contribution in [3.05, 3.63) is 61.6 Å². The number of benzene rings is 1. The standard InChI is InChI=1S/C13H9Cl2FN2O4/c1-6(7-4-10(16)9(15)5-8(7)14)17-13(19)11-2-3-12(22-11)18(20)21/h2-6H,1H3,(H,17,19). The van der Waals surface area contributed by atoms with E-state index in [1.165, 1.54) is 12.1 Å². The highest BCUT2D eigenvalue weighted by molar-refractivity contribution is 6.35. The van der Waals surface area contributed by atoms with Gasteiger partial charge in [0.25, 0.3) is 5.91 Å². The van der Waals surface area contributed by atoms with Gasteiger partial charge in [0.05, 0.1) is 17.1 Å². The maximum atomic E-state index is 13.5. The molecule has 1 aromatic carbocycles. The van der Waals surface area contributed by atoms with Crippen molar-refractivity contribution in [3.63, 3.8) is 0 Å². The van der Waals surface area contributed by atoms with E-state index in [1.807, 2.05) is 0 Å². The smallest absolute Gasteiger partial charge is 0.395 e. The summed E-state index contributed by atoms with van der Waals surface area (Å²) >= 11 is 11.6. The molecule has 6 nitrogen and oxygen atoms in total. The van der Waals surface area contributed by atoms with Gasteiger partial charge in [0, 0.05) is 5.02 Å². The highest BCUT2D eigenvalue weighted by Crippen LogP contribution is 2.29. The Hall–Kier alpha value is -2.12. The predicted octanol–water partition coefficient (Wildman–Crippen LogP) is 4.12. The normalized spacial score (nSPS) is 12.0. The van der Waals surface area contributed by atoms with Gasteiger partial charge in [-0.05, 0) is 30.7 Å². The molecule has 0 radical (unpaired) electrons. The second kappa shape index (κ2) is 6.33. The van der Waals surface area contributed by atoms with E-state index in [9.17, 15) is 19.3 Å². The van der Waals surface area contributed by atoms with Crippen molar-refractivity contribution in [1.29, 1.82) is 0 Å². The topological polar surface area (TPSA) is 85.4 Å². The van der Waals surface area contributed by atoms with Crippen LogP contribution in [0.2, 0.25) is 10.0 Å². The monoisotopic (exact) mass is 346 g/mol. The molecular formula is C13H9Cl2FN2O4. The number of hydrogen-bond acceptors (Lipinski definition) is 4. The van der Waals surface area contributed by atoms with Crippen molar-refractivity contribution in [2.45, 2.75) is 13.0 Å². The van der Waals surface area contributed by atoms with Crippen molar-refractivity contribution in [3.8, 4) is 0 Å². The molecule has 0 saturated carbocycles. The van der Waals surface area contributed by atoms with Crippen molar-refractivity contribution >= 4 is 35.0 Å². The van der Waals surface area contributed by atoms with Crippen LogP contribution in [0.1, 0.15) is 29.1 Å². The van der Waals surface area contributed by atoms with Crippen LogP contribution in [0.3, 0.4) is 0 Å². The lowest BCUT2D eigenvalue weighted by Crippen LogP contribution is -2.26. The molecule has 1 atom stereocenters. The Kier molecular flexibility index (Phi) is 4.68. The van der Waals surface area contributed by atoms with Gasteiger partial charge < -0.3 is 9.73 Å². The van der Waals surface area contributed by atoms with Crippen LogP contribution in [0.4, 0.5) is 10.3 Å². The average molecular weight is 347 g/mol. The highest BCUT2D eigenvalue weighted by Gasteiger charge is 2.20. The number of carbonyl (C=O) groups excluding carboxylic acids is 1. The van der Waals surface area contributed by atoms with Crippen LogP contribution >= 0.6 is 23.2 Å². The molecule has 0 bridgehead atoms. The number of rotatable bonds is 4. The number of amides is 1. The zero-order valence-electron chi connectivity index (χ0n) is 11.1. The zero-order valence-corrected chi connectivity index (χ0v) is 12.6. The molecule has 9 heteroatoms. The van der Waals surface area contributed by atoms with Gasteiger partial charge in [-0.3, -0.25) is 14.9 Å². The molecule has 1 unspecified atom stereocenters. The largest absolute Gasteiger partial charge is 0.433 e. The van der Waals surface area contributed by atoms with Gasteiger partial charge in [-0.25, -0.2) is 4.39 Å². The number of hydrogen-bond donors (Lipinski definition) is 1. The van der Waals surface area contributed by atoms with E-state index in [1.54, 1.807) is 6.92 Å². The molecular weight excluding hydrogens is 338 g/mol. The molecule has 0 saturated heterocycles. The molecule has 2 rings (SSSR count). The lowest BCUT2D eigenvalue weighted by Gasteiger charge is -2.15. The SMILES string of the molecule is CC(NC(=O)c1ccc([N+](=O)[O-])o1)c1cc(F)c(Cl)cc1Cl. The van der Waals surface area contributed by atoms with Gasteiger partial charge in [0.15, 0.2) is 5.76 Å². The third-order valence-electron chi connectivity index (χ3n) is 2.85. The van der Waals surface area contributed by atoms with Crippen molar-refractivity contribution in [2.24, 2.45) is 0 Å². The molecule has 1 aromatic heterocycles. The summed E-state index contributed by atoms with van der Waals surface area (Å²) in [6, 6.07) is 3.92. The third-order valence-corrected chi connectivity index (χ3v) is 3.47. The minimum Gasteiger partial charge on any atom is -0.395 e. The highest BCUT2D eigenvalue weighted by atomic mass is 35.5. The van der Waals surface area contributed by atoms with Crippen LogP contribution in [-0.4, -0.2) is 10.8 Å². The van der Waals surface area contributed by atoms with Gasteiger partial charge >= 0.3 is 5.88 Å². The van der Waals surface area contributed by atoms with E-state index in [-0.39, 0.29) is 15.8 Å². The fourth-order valence-corrected chi connectivity index (χ4v) is 2.31. The molecule has 22 heavy (non-hydrogen) atoms. The summed E-state index contributed by atoms with van der Waals surface area (Å²) in [4.78, 5) is 21.7. The van der Waals surface area contributed by atoms with Gasteiger partial charge in [-0.1, -0.05) is 23.2 Å². The Morgan fingerprint density at radius 2 is 2.05 bits per heavy atom. The second-order valence-electron chi connectivity index (χ2n) is 4.38. The fraction of sp³-hybridized carbons (Fsp3) is 0.154. The van der Waals surface area contributed by atoms with Gasteiger partial charge in [0.1, 0.15) is 10.7 Å². The Bertz CT molecular complexity index is 748. The molecule has 2 aromatic rings. The van der Waals surface area contributed by atoms with Crippen LogP contribution in [0.25, 0.3) is 0 Å². The Morgan fingerprint density at radius 1 is 1.36 bits per heavy atom. The van der Waals surface area contributed by atoms with Crippen LogP contribution in [-0.2, 0) is 0 Å². The van der Waals surface area contributed by atoms with E-state index < -0.39 is 28.6 Å². The molecule has 1 heterocycles. The van der Waals surface area contributed by atoms with E-state index in [0.717, 1.165) is 12.1 Å². The van der Waals surface area contributed by atoms with E-state index in [4.69, 9.17) is 27.6 Å². The van der Waals surface area contributed by atoms with Gasteiger partial charge in [-0.15, -0.1) is 0 Å². The number of furan rings is 1. The average Bonchev–Trinajstić information content (AvgIpc) is 2.92. The van der Waals surface area contributed by atoms with E-state index in [2.05, 4.69) is 5.32 Å². The maximum Gasteiger partial charge on any atom is 0.433 e. The Morgan fingerprint density at radius 3 is 2.64 bits per heavy atom. The van der Waals surface area contributed by atoms with Crippen LogP contribution in [0, 0.1) is 15.9 Å². The van der Waals surface area contributed by atoms with Gasteiger partial charge in [0.2, 0.25) is 0 Å². The second-order valence-corrected chi connectivity index (χ2v) is 5.19. The Labute approximate surface area is 134 Å². The summed E-state index contributed by atoms with van der Waals surface area (Å²) in [5.74, 6) is -2.14. The first-order valence-corrected chi connectivity index (χ1v) is 6.74. The summed E-state index contributed by atoms with van der Waals surface area (Å²) in [6.45, 7) is 1.57. The number of halogens is 3.